The summed E-state index contributed by atoms with van der Waals surface area (Å²) in [5.41, 5.74) is 0.376. The first-order valence-corrected chi connectivity index (χ1v) is 6.30. The predicted octanol–water partition coefficient (Wildman–Crippen LogP) is 1.92. The van der Waals surface area contributed by atoms with Gasteiger partial charge < -0.3 is 15.0 Å². The minimum Gasteiger partial charge on any atom is -0.494 e. The molecule has 0 saturated heterocycles. The molecule has 0 fully saturated rings. The smallest absolute Gasteiger partial charge is 0.251 e. The van der Waals surface area contributed by atoms with E-state index in [0.717, 1.165) is 18.7 Å². The van der Waals surface area contributed by atoms with E-state index in [0.29, 0.717) is 12.1 Å². The molecule has 20 heavy (non-hydrogen) atoms. The number of amides is 1. The SMILES string of the molecule is COc1cc(C(=O)NCCCc2ncc[nH]2)ccc1F. The fourth-order valence-electron chi connectivity index (χ4n) is 1.80. The van der Waals surface area contributed by atoms with E-state index in [-0.39, 0.29) is 11.7 Å². The van der Waals surface area contributed by atoms with Crippen LogP contribution in [0.15, 0.2) is 30.6 Å². The normalized spacial score (nSPS) is 10.3. The number of carbonyl (C=O) groups is 1. The second kappa shape index (κ2) is 6.70. The number of carbonyl (C=O) groups excluding carboxylic acids is 1. The molecule has 1 heterocycles. The van der Waals surface area contributed by atoms with Crippen molar-refractivity contribution in [2.24, 2.45) is 0 Å². The highest BCUT2D eigenvalue weighted by molar-refractivity contribution is 5.94. The van der Waals surface area contributed by atoms with E-state index in [1.54, 1.807) is 12.4 Å². The molecule has 0 unspecified atom stereocenters. The summed E-state index contributed by atoms with van der Waals surface area (Å²) in [4.78, 5) is 19.0. The van der Waals surface area contributed by atoms with Crippen LogP contribution in [-0.2, 0) is 6.42 Å². The number of methoxy groups -OCH3 is 1. The molecule has 0 aliphatic heterocycles. The standard InChI is InChI=1S/C14H16FN3O2/c1-20-12-9-10(4-5-11(12)15)14(19)18-6-2-3-13-16-7-8-17-13/h4-5,7-9H,2-3,6H2,1H3,(H,16,17)(H,18,19). The van der Waals surface area contributed by atoms with Gasteiger partial charge in [0.1, 0.15) is 5.82 Å². The quantitative estimate of drug-likeness (QED) is 0.793. The largest absolute Gasteiger partial charge is 0.494 e. The molecule has 0 aliphatic rings. The molecule has 1 amide bonds. The van der Waals surface area contributed by atoms with Crippen LogP contribution < -0.4 is 10.1 Å². The topological polar surface area (TPSA) is 67.0 Å². The van der Waals surface area contributed by atoms with Crippen LogP contribution in [0.5, 0.6) is 5.75 Å². The van der Waals surface area contributed by atoms with Crippen LogP contribution in [-0.4, -0.2) is 29.5 Å². The van der Waals surface area contributed by atoms with Crippen molar-refractivity contribution in [1.29, 1.82) is 0 Å². The highest BCUT2D eigenvalue weighted by Crippen LogP contribution is 2.18. The van der Waals surface area contributed by atoms with E-state index >= 15 is 0 Å². The number of ether oxygens (including phenoxy) is 1. The van der Waals surface area contributed by atoms with Gasteiger partial charge in [-0.2, -0.15) is 0 Å². The average molecular weight is 277 g/mol. The number of nitrogens with zero attached hydrogens (tertiary/aromatic N) is 1. The lowest BCUT2D eigenvalue weighted by Gasteiger charge is -2.07. The van der Waals surface area contributed by atoms with Crippen molar-refractivity contribution >= 4 is 5.91 Å². The number of aromatic amines is 1. The molecule has 2 aromatic rings. The van der Waals surface area contributed by atoms with Crippen molar-refractivity contribution in [2.45, 2.75) is 12.8 Å². The van der Waals surface area contributed by atoms with E-state index in [2.05, 4.69) is 15.3 Å². The molecule has 0 radical (unpaired) electrons. The summed E-state index contributed by atoms with van der Waals surface area (Å²) in [6, 6.07) is 4.04. The molecule has 0 saturated carbocycles. The molecule has 1 aromatic carbocycles. The molecule has 1 aromatic heterocycles. The molecule has 0 aliphatic carbocycles. The number of nitrogens with one attached hydrogen (secondary N) is 2. The van der Waals surface area contributed by atoms with Gasteiger partial charge in [0, 0.05) is 30.9 Å². The lowest BCUT2D eigenvalue weighted by molar-refractivity contribution is 0.0952. The molecule has 2 N–H and O–H groups in total. The Morgan fingerprint density at radius 3 is 3.05 bits per heavy atom. The van der Waals surface area contributed by atoms with Crippen molar-refractivity contribution in [3.8, 4) is 5.75 Å². The predicted molar refractivity (Wildman–Crippen MR) is 72.2 cm³/mol. The Bertz CT molecular complexity index is 570. The first-order chi connectivity index (χ1) is 9.70. The second-order valence-electron chi connectivity index (χ2n) is 4.24. The molecule has 5 nitrogen and oxygen atoms in total. The Balaban J connectivity index is 1.82. The zero-order valence-electron chi connectivity index (χ0n) is 11.1. The van der Waals surface area contributed by atoms with Gasteiger partial charge in [-0.3, -0.25) is 4.79 Å². The van der Waals surface area contributed by atoms with E-state index < -0.39 is 5.82 Å². The van der Waals surface area contributed by atoms with Gasteiger partial charge in [-0.25, -0.2) is 9.37 Å². The number of halogens is 1. The molecular weight excluding hydrogens is 261 g/mol. The van der Waals surface area contributed by atoms with Crippen molar-refractivity contribution in [3.05, 3.63) is 47.8 Å². The molecule has 106 valence electrons. The van der Waals surface area contributed by atoms with Crippen LogP contribution in [0, 0.1) is 5.82 Å². The summed E-state index contributed by atoms with van der Waals surface area (Å²) in [6.07, 6.45) is 5.00. The fourth-order valence-corrected chi connectivity index (χ4v) is 1.80. The third-order valence-electron chi connectivity index (χ3n) is 2.84. The number of imidazole rings is 1. The second-order valence-corrected chi connectivity index (χ2v) is 4.24. The van der Waals surface area contributed by atoms with Crippen LogP contribution in [0.3, 0.4) is 0 Å². The number of hydrogen-bond acceptors (Lipinski definition) is 3. The Morgan fingerprint density at radius 1 is 1.50 bits per heavy atom. The minimum absolute atomic E-state index is 0.0632. The number of aromatic nitrogens is 2. The number of aryl methyl sites for hydroxylation is 1. The molecule has 2 rings (SSSR count). The van der Waals surface area contributed by atoms with Crippen LogP contribution in [0.1, 0.15) is 22.6 Å². The first kappa shape index (κ1) is 14.0. The van der Waals surface area contributed by atoms with E-state index in [1.807, 2.05) is 0 Å². The zero-order chi connectivity index (χ0) is 14.4. The number of benzene rings is 1. The first-order valence-electron chi connectivity index (χ1n) is 6.30. The van der Waals surface area contributed by atoms with Crippen molar-refractivity contribution in [1.82, 2.24) is 15.3 Å². The summed E-state index contributed by atoms with van der Waals surface area (Å²) in [5, 5.41) is 2.77. The Labute approximate surface area is 116 Å². The third kappa shape index (κ3) is 3.57. The van der Waals surface area contributed by atoms with Crippen LogP contribution in [0.25, 0.3) is 0 Å². The Kier molecular flexibility index (Phi) is 4.70. The number of hydrogen-bond donors (Lipinski definition) is 2. The molecule has 6 heteroatoms. The van der Waals surface area contributed by atoms with Crippen LogP contribution >= 0.6 is 0 Å². The maximum absolute atomic E-state index is 13.2. The number of H-pyrrole nitrogens is 1. The summed E-state index contributed by atoms with van der Waals surface area (Å²) in [6.45, 7) is 0.527. The maximum atomic E-state index is 13.2. The fraction of sp³-hybridized carbons (Fsp3) is 0.286. The Morgan fingerprint density at radius 2 is 2.35 bits per heavy atom. The summed E-state index contributed by atoms with van der Waals surface area (Å²) >= 11 is 0. The molecular formula is C14H16FN3O2. The summed E-state index contributed by atoms with van der Waals surface area (Å²) < 4.78 is 18.1. The molecule has 0 bridgehead atoms. The van der Waals surface area contributed by atoms with Crippen LogP contribution in [0.4, 0.5) is 4.39 Å². The van der Waals surface area contributed by atoms with E-state index in [4.69, 9.17) is 4.74 Å². The van der Waals surface area contributed by atoms with Crippen LogP contribution in [0.2, 0.25) is 0 Å². The lowest BCUT2D eigenvalue weighted by atomic mass is 10.2. The van der Waals surface area contributed by atoms with Gasteiger partial charge in [-0.05, 0) is 24.6 Å². The molecule has 0 atom stereocenters. The van der Waals surface area contributed by atoms with Crippen molar-refractivity contribution in [3.63, 3.8) is 0 Å². The highest BCUT2D eigenvalue weighted by Gasteiger charge is 2.09. The third-order valence-corrected chi connectivity index (χ3v) is 2.84. The summed E-state index contributed by atoms with van der Waals surface area (Å²) in [5.74, 6) is 0.223. The van der Waals surface area contributed by atoms with Crippen molar-refractivity contribution < 1.29 is 13.9 Å². The zero-order valence-corrected chi connectivity index (χ0v) is 11.1. The van der Waals surface area contributed by atoms with Gasteiger partial charge in [0.25, 0.3) is 5.91 Å². The van der Waals surface area contributed by atoms with Gasteiger partial charge in [-0.15, -0.1) is 0 Å². The van der Waals surface area contributed by atoms with E-state index in [9.17, 15) is 9.18 Å². The number of rotatable bonds is 6. The Hall–Kier alpha value is -2.37. The molecule has 0 spiro atoms. The maximum Gasteiger partial charge on any atom is 0.251 e. The van der Waals surface area contributed by atoms with Gasteiger partial charge >= 0.3 is 0 Å². The lowest BCUT2D eigenvalue weighted by Crippen LogP contribution is -2.24. The van der Waals surface area contributed by atoms with Gasteiger partial charge in [0.2, 0.25) is 0 Å². The van der Waals surface area contributed by atoms with Crippen molar-refractivity contribution in [2.75, 3.05) is 13.7 Å². The highest BCUT2D eigenvalue weighted by atomic mass is 19.1. The minimum atomic E-state index is -0.484. The summed E-state index contributed by atoms with van der Waals surface area (Å²) in [7, 11) is 1.36. The van der Waals surface area contributed by atoms with E-state index in [1.165, 1.54) is 25.3 Å². The van der Waals surface area contributed by atoms with Gasteiger partial charge in [0.05, 0.1) is 7.11 Å². The monoisotopic (exact) mass is 277 g/mol. The van der Waals surface area contributed by atoms with Gasteiger partial charge in [0.15, 0.2) is 11.6 Å². The van der Waals surface area contributed by atoms with Gasteiger partial charge in [-0.1, -0.05) is 0 Å². The average Bonchev–Trinajstić information content (AvgIpc) is 2.97.